The predicted octanol–water partition coefficient (Wildman–Crippen LogP) is 0.524. The number of esters is 1. The van der Waals surface area contributed by atoms with Crippen molar-refractivity contribution in [3.05, 3.63) is 19.8 Å². The largest absolute Gasteiger partial charge is 0.460 e. The Labute approximate surface area is 54.3 Å². The molecule has 0 saturated carbocycles. The van der Waals surface area contributed by atoms with Gasteiger partial charge in [-0.15, -0.1) is 0 Å². The monoisotopic (exact) mass is 129 g/mol. The Morgan fingerprint density at radius 1 is 1.56 bits per heavy atom. The van der Waals surface area contributed by atoms with E-state index in [1.165, 1.54) is 0 Å². The van der Waals surface area contributed by atoms with E-state index in [1.807, 2.05) is 0 Å². The van der Waals surface area contributed by atoms with Crippen molar-refractivity contribution in [1.82, 2.24) is 0 Å². The van der Waals surface area contributed by atoms with Gasteiger partial charge in [-0.3, -0.25) is 0 Å². The molecule has 0 aromatic heterocycles. The van der Waals surface area contributed by atoms with E-state index in [1.54, 1.807) is 0 Å². The zero-order valence-electron chi connectivity index (χ0n) is 5.13. The molecule has 0 unspecified atom stereocenters. The van der Waals surface area contributed by atoms with Crippen molar-refractivity contribution in [2.45, 2.75) is 0 Å². The van der Waals surface area contributed by atoms with Gasteiger partial charge in [0.05, 0.1) is 13.7 Å². The summed E-state index contributed by atoms with van der Waals surface area (Å²) >= 11 is 0. The second-order valence-electron chi connectivity index (χ2n) is 1.28. The summed E-state index contributed by atoms with van der Waals surface area (Å²) in [7, 11) is 3.09. The van der Waals surface area contributed by atoms with Crippen LogP contribution in [0.3, 0.4) is 0 Å². The van der Waals surface area contributed by atoms with E-state index in [2.05, 4.69) is 23.2 Å². The molecule has 0 fully saturated rings. The summed E-state index contributed by atoms with van der Waals surface area (Å²) in [6.45, 7) is 3.76. The molecule has 0 amide bonds. The fourth-order valence-electron chi connectivity index (χ4n) is 0.260. The summed E-state index contributed by atoms with van der Waals surface area (Å²) in [4.78, 5) is 10.3. The standard InChI is InChI=1S/C6H9O3/c1-3-6(7)9-5-4-8-2/h3H,1-2,4-5H2. The lowest BCUT2D eigenvalue weighted by atomic mass is 10.6. The van der Waals surface area contributed by atoms with Gasteiger partial charge in [0.1, 0.15) is 6.61 Å². The maximum atomic E-state index is 10.3. The molecule has 0 saturated heterocycles. The summed E-state index contributed by atoms with van der Waals surface area (Å²) in [6.07, 6.45) is 1.10. The molecule has 3 heteroatoms. The van der Waals surface area contributed by atoms with Gasteiger partial charge >= 0.3 is 5.97 Å². The second kappa shape index (κ2) is 5.31. The van der Waals surface area contributed by atoms with Crippen molar-refractivity contribution in [3.63, 3.8) is 0 Å². The van der Waals surface area contributed by atoms with E-state index in [0.29, 0.717) is 6.61 Å². The van der Waals surface area contributed by atoms with Gasteiger partial charge in [0, 0.05) is 6.08 Å². The Morgan fingerprint density at radius 3 is 2.67 bits per heavy atom. The molecule has 0 bridgehead atoms. The average molecular weight is 129 g/mol. The highest BCUT2D eigenvalue weighted by Crippen LogP contribution is 1.78. The maximum Gasteiger partial charge on any atom is 0.330 e. The van der Waals surface area contributed by atoms with Gasteiger partial charge in [0.2, 0.25) is 0 Å². The number of rotatable bonds is 4. The molecule has 0 heterocycles. The summed E-state index contributed by atoms with van der Waals surface area (Å²) in [5, 5.41) is 0. The number of carbonyl (C=O) groups excluding carboxylic acids is 1. The Hall–Kier alpha value is -0.830. The Kier molecular flexibility index (Phi) is 4.82. The Morgan fingerprint density at radius 2 is 2.22 bits per heavy atom. The zero-order chi connectivity index (χ0) is 7.11. The van der Waals surface area contributed by atoms with Gasteiger partial charge in [-0.2, -0.15) is 0 Å². The third-order valence-corrected chi connectivity index (χ3v) is 0.639. The van der Waals surface area contributed by atoms with Crippen molar-refractivity contribution < 1.29 is 14.3 Å². The van der Waals surface area contributed by atoms with Crippen molar-refractivity contribution >= 4 is 5.97 Å². The number of hydrogen-bond donors (Lipinski definition) is 0. The van der Waals surface area contributed by atoms with Crippen LogP contribution in [-0.4, -0.2) is 19.2 Å². The van der Waals surface area contributed by atoms with E-state index in [4.69, 9.17) is 0 Å². The molecule has 0 N–H and O–H groups in total. The highest BCUT2D eigenvalue weighted by atomic mass is 16.6. The van der Waals surface area contributed by atoms with Crippen LogP contribution in [0.4, 0.5) is 0 Å². The van der Waals surface area contributed by atoms with Crippen LogP contribution >= 0.6 is 0 Å². The van der Waals surface area contributed by atoms with Crippen LogP contribution in [0.1, 0.15) is 0 Å². The molecule has 0 aromatic carbocycles. The van der Waals surface area contributed by atoms with Crippen LogP contribution in [0, 0.1) is 7.11 Å². The highest BCUT2D eigenvalue weighted by Gasteiger charge is 1.91. The molecule has 0 rings (SSSR count). The molecular formula is C6H9O3. The molecule has 3 nitrogen and oxygen atoms in total. The normalized spacial score (nSPS) is 8.56. The molecule has 9 heavy (non-hydrogen) atoms. The molecule has 0 aliphatic carbocycles. The topological polar surface area (TPSA) is 35.5 Å². The number of hydrogen-bond acceptors (Lipinski definition) is 3. The minimum absolute atomic E-state index is 0.231. The van der Waals surface area contributed by atoms with Gasteiger partial charge < -0.3 is 9.47 Å². The van der Waals surface area contributed by atoms with Gasteiger partial charge in [-0.05, 0) is 0 Å². The van der Waals surface area contributed by atoms with Gasteiger partial charge in [-0.25, -0.2) is 4.79 Å². The van der Waals surface area contributed by atoms with Gasteiger partial charge in [0.25, 0.3) is 0 Å². The number of ether oxygens (including phenoxy) is 2. The quantitative estimate of drug-likeness (QED) is 0.315. The third-order valence-electron chi connectivity index (χ3n) is 0.639. The van der Waals surface area contributed by atoms with Crippen molar-refractivity contribution in [2.75, 3.05) is 13.2 Å². The van der Waals surface area contributed by atoms with E-state index in [-0.39, 0.29) is 6.61 Å². The second-order valence-corrected chi connectivity index (χ2v) is 1.28. The van der Waals surface area contributed by atoms with Crippen molar-refractivity contribution in [2.24, 2.45) is 0 Å². The molecule has 0 aliphatic heterocycles. The lowest BCUT2D eigenvalue weighted by Gasteiger charge is -1.97. The SMILES string of the molecule is [CH2]OCCOC(=O)C=C. The molecule has 0 atom stereocenters. The van der Waals surface area contributed by atoms with E-state index >= 15 is 0 Å². The third kappa shape index (κ3) is 5.03. The predicted molar refractivity (Wildman–Crippen MR) is 32.5 cm³/mol. The van der Waals surface area contributed by atoms with E-state index in [0.717, 1.165) is 6.08 Å². The minimum Gasteiger partial charge on any atom is -0.460 e. The molecular weight excluding hydrogens is 120 g/mol. The summed E-state index contributed by atoms with van der Waals surface area (Å²) < 4.78 is 8.88. The van der Waals surface area contributed by atoms with Crippen LogP contribution in [-0.2, 0) is 14.3 Å². The Balaban J connectivity index is 3.07. The molecule has 0 aliphatic rings. The molecule has 1 radical (unpaired) electrons. The summed E-state index contributed by atoms with van der Waals surface area (Å²) in [5.41, 5.74) is 0. The first-order chi connectivity index (χ1) is 4.31. The van der Waals surface area contributed by atoms with Crippen LogP contribution in [0.15, 0.2) is 12.7 Å². The van der Waals surface area contributed by atoms with Crippen LogP contribution in [0.5, 0.6) is 0 Å². The smallest absolute Gasteiger partial charge is 0.330 e. The maximum absolute atomic E-state index is 10.3. The molecule has 0 spiro atoms. The Bertz CT molecular complexity index is 98.5. The van der Waals surface area contributed by atoms with Crippen molar-refractivity contribution in [3.8, 4) is 0 Å². The van der Waals surface area contributed by atoms with Crippen molar-refractivity contribution in [1.29, 1.82) is 0 Å². The first kappa shape index (κ1) is 8.17. The fraction of sp³-hybridized carbons (Fsp3) is 0.333. The van der Waals surface area contributed by atoms with E-state index < -0.39 is 5.97 Å². The van der Waals surface area contributed by atoms with E-state index in [9.17, 15) is 4.79 Å². The summed E-state index contributed by atoms with van der Waals surface area (Å²) in [5.74, 6) is -0.438. The fourth-order valence-corrected chi connectivity index (χ4v) is 0.260. The van der Waals surface area contributed by atoms with Crippen LogP contribution in [0.25, 0.3) is 0 Å². The van der Waals surface area contributed by atoms with Crippen LogP contribution < -0.4 is 0 Å². The highest BCUT2D eigenvalue weighted by molar-refractivity contribution is 5.81. The van der Waals surface area contributed by atoms with Gasteiger partial charge in [-0.1, -0.05) is 6.58 Å². The first-order valence-electron chi connectivity index (χ1n) is 2.47. The van der Waals surface area contributed by atoms with Gasteiger partial charge in [0.15, 0.2) is 0 Å². The molecule has 51 valence electrons. The zero-order valence-corrected chi connectivity index (χ0v) is 5.13. The summed E-state index contributed by atoms with van der Waals surface area (Å²) in [6, 6.07) is 0. The van der Waals surface area contributed by atoms with Crippen LogP contribution in [0.2, 0.25) is 0 Å². The molecule has 0 aromatic rings. The lowest BCUT2D eigenvalue weighted by molar-refractivity contribution is -0.138. The minimum atomic E-state index is -0.438. The average Bonchev–Trinajstić information content (AvgIpc) is 1.89. The first-order valence-corrected chi connectivity index (χ1v) is 2.47. The lowest BCUT2D eigenvalue weighted by Crippen LogP contribution is -2.05. The number of carbonyl (C=O) groups is 1.